The third kappa shape index (κ3) is 4.59. The second kappa shape index (κ2) is 8.66. The summed E-state index contributed by atoms with van der Waals surface area (Å²) in [5, 5.41) is 0.602. The van der Waals surface area contributed by atoms with Crippen molar-refractivity contribution in [1.29, 1.82) is 0 Å². The molecule has 4 rings (SSSR count). The van der Waals surface area contributed by atoms with Crippen LogP contribution in [0.4, 0.5) is 10.1 Å². The van der Waals surface area contributed by atoms with E-state index in [2.05, 4.69) is 9.88 Å². The normalized spacial score (nSPS) is 14.3. The van der Waals surface area contributed by atoms with Crippen LogP contribution >= 0.6 is 11.6 Å². The standard InChI is InChI=1S/C22H21ClFN3O2/c23-19-4-2-1-3-18(19)20-15-25-21(29-20)9-10-22(28)27-13-11-26(12-14-27)17-7-5-16(24)6-8-17/h1-8,15H,9-14H2. The molecule has 0 aliphatic carbocycles. The van der Waals surface area contributed by atoms with Gasteiger partial charge in [0.25, 0.3) is 0 Å². The molecule has 1 aliphatic heterocycles. The largest absolute Gasteiger partial charge is 0.441 e. The van der Waals surface area contributed by atoms with Crippen molar-refractivity contribution in [3.63, 3.8) is 0 Å². The fourth-order valence-electron chi connectivity index (χ4n) is 3.45. The fourth-order valence-corrected chi connectivity index (χ4v) is 3.68. The third-order valence-corrected chi connectivity index (χ3v) is 5.40. The number of oxazole rings is 1. The van der Waals surface area contributed by atoms with Crippen molar-refractivity contribution >= 4 is 23.2 Å². The summed E-state index contributed by atoms with van der Waals surface area (Å²) in [6.07, 6.45) is 2.43. The Morgan fingerprint density at radius 1 is 1.07 bits per heavy atom. The molecule has 0 spiro atoms. The lowest BCUT2D eigenvalue weighted by atomic mass is 10.2. The molecule has 5 nitrogen and oxygen atoms in total. The van der Waals surface area contributed by atoms with Crippen molar-refractivity contribution in [3.8, 4) is 11.3 Å². The van der Waals surface area contributed by atoms with Gasteiger partial charge in [0, 0.05) is 50.3 Å². The Labute approximate surface area is 173 Å². The van der Waals surface area contributed by atoms with Crippen molar-refractivity contribution in [2.45, 2.75) is 12.8 Å². The van der Waals surface area contributed by atoms with Gasteiger partial charge in [0.15, 0.2) is 11.7 Å². The molecule has 3 aromatic rings. The number of aryl methyl sites for hydroxylation is 1. The van der Waals surface area contributed by atoms with Crippen LogP contribution in [0, 0.1) is 5.82 Å². The number of halogens is 2. The first-order chi connectivity index (χ1) is 14.1. The lowest BCUT2D eigenvalue weighted by Crippen LogP contribution is -2.48. The monoisotopic (exact) mass is 413 g/mol. The first-order valence-electron chi connectivity index (χ1n) is 9.58. The minimum Gasteiger partial charge on any atom is -0.441 e. The number of aromatic nitrogens is 1. The predicted molar refractivity (Wildman–Crippen MR) is 110 cm³/mol. The lowest BCUT2D eigenvalue weighted by Gasteiger charge is -2.36. The molecule has 0 saturated carbocycles. The molecule has 1 saturated heterocycles. The Morgan fingerprint density at radius 3 is 2.52 bits per heavy atom. The molecule has 150 valence electrons. The smallest absolute Gasteiger partial charge is 0.223 e. The number of rotatable bonds is 5. The van der Waals surface area contributed by atoms with Crippen LogP contribution in [0.3, 0.4) is 0 Å². The van der Waals surface area contributed by atoms with Crippen LogP contribution in [-0.2, 0) is 11.2 Å². The van der Waals surface area contributed by atoms with E-state index in [9.17, 15) is 9.18 Å². The summed E-state index contributed by atoms with van der Waals surface area (Å²) in [5.41, 5.74) is 1.77. The zero-order valence-corrected chi connectivity index (χ0v) is 16.6. The molecule has 0 radical (unpaired) electrons. The van der Waals surface area contributed by atoms with Gasteiger partial charge in [0.1, 0.15) is 5.82 Å². The molecule has 2 aromatic carbocycles. The van der Waals surface area contributed by atoms with Crippen LogP contribution in [-0.4, -0.2) is 42.0 Å². The van der Waals surface area contributed by atoms with E-state index in [-0.39, 0.29) is 11.7 Å². The first kappa shape index (κ1) is 19.5. The van der Waals surface area contributed by atoms with Crippen molar-refractivity contribution in [2.75, 3.05) is 31.1 Å². The molecule has 0 atom stereocenters. The van der Waals surface area contributed by atoms with Gasteiger partial charge in [-0.25, -0.2) is 9.37 Å². The van der Waals surface area contributed by atoms with E-state index in [0.29, 0.717) is 42.6 Å². The van der Waals surface area contributed by atoms with E-state index in [0.717, 1.165) is 24.3 Å². The zero-order chi connectivity index (χ0) is 20.2. The van der Waals surface area contributed by atoms with Crippen LogP contribution in [0.15, 0.2) is 59.1 Å². The Bertz CT molecular complexity index is 982. The van der Waals surface area contributed by atoms with Gasteiger partial charge < -0.3 is 14.2 Å². The fraction of sp³-hybridized carbons (Fsp3) is 0.273. The highest BCUT2D eigenvalue weighted by molar-refractivity contribution is 6.33. The maximum atomic E-state index is 13.1. The molecule has 0 unspecified atom stereocenters. The molecule has 0 N–H and O–H groups in total. The highest BCUT2D eigenvalue weighted by Crippen LogP contribution is 2.28. The van der Waals surface area contributed by atoms with E-state index in [1.54, 1.807) is 24.4 Å². The second-order valence-corrected chi connectivity index (χ2v) is 7.35. The van der Waals surface area contributed by atoms with Gasteiger partial charge in [-0.2, -0.15) is 0 Å². The number of benzene rings is 2. The molecular formula is C22H21ClFN3O2. The van der Waals surface area contributed by atoms with E-state index >= 15 is 0 Å². The van der Waals surface area contributed by atoms with Gasteiger partial charge in [-0.05, 0) is 36.4 Å². The molecule has 0 bridgehead atoms. The van der Waals surface area contributed by atoms with Crippen LogP contribution in [0.2, 0.25) is 5.02 Å². The van der Waals surface area contributed by atoms with Gasteiger partial charge in [0.05, 0.1) is 11.2 Å². The Morgan fingerprint density at radius 2 is 1.79 bits per heavy atom. The minimum atomic E-state index is -0.244. The van der Waals surface area contributed by atoms with E-state index < -0.39 is 0 Å². The number of nitrogens with zero attached hydrogens (tertiary/aromatic N) is 3. The summed E-state index contributed by atoms with van der Waals surface area (Å²) in [6, 6.07) is 13.9. The maximum Gasteiger partial charge on any atom is 0.223 e. The second-order valence-electron chi connectivity index (χ2n) is 6.94. The number of hydrogen-bond acceptors (Lipinski definition) is 4. The molecular weight excluding hydrogens is 393 g/mol. The van der Waals surface area contributed by atoms with Crippen molar-refractivity contribution in [2.24, 2.45) is 0 Å². The summed E-state index contributed by atoms with van der Waals surface area (Å²) < 4.78 is 18.8. The number of piperazine rings is 1. The van der Waals surface area contributed by atoms with Gasteiger partial charge >= 0.3 is 0 Å². The molecule has 7 heteroatoms. The molecule has 1 aromatic heterocycles. The number of anilines is 1. The van der Waals surface area contributed by atoms with Crippen LogP contribution in [0.5, 0.6) is 0 Å². The summed E-state index contributed by atoms with van der Waals surface area (Å²) in [6.45, 7) is 2.75. The third-order valence-electron chi connectivity index (χ3n) is 5.07. The summed E-state index contributed by atoms with van der Waals surface area (Å²) >= 11 is 6.19. The summed E-state index contributed by atoms with van der Waals surface area (Å²) in [7, 11) is 0. The molecule has 1 amide bonds. The summed E-state index contributed by atoms with van der Waals surface area (Å²) in [4.78, 5) is 20.9. The van der Waals surface area contributed by atoms with Crippen LogP contribution in [0.25, 0.3) is 11.3 Å². The average Bonchev–Trinajstić information content (AvgIpc) is 3.22. The quantitative estimate of drug-likeness (QED) is 0.621. The van der Waals surface area contributed by atoms with Crippen molar-refractivity contribution in [1.82, 2.24) is 9.88 Å². The number of amides is 1. The lowest BCUT2D eigenvalue weighted by molar-refractivity contribution is -0.131. The number of carbonyl (C=O) groups excluding carboxylic acids is 1. The van der Waals surface area contributed by atoms with Crippen molar-refractivity contribution < 1.29 is 13.6 Å². The maximum absolute atomic E-state index is 13.1. The molecule has 1 aliphatic rings. The van der Waals surface area contributed by atoms with Crippen molar-refractivity contribution in [3.05, 3.63) is 71.5 Å². The zero-order valence-electron chi connectivity index (χ0n) is 15.9. The molecule has 1 fully saturated rings. The Balaban J connectivity index is 1.29. The Kier molecular flexibility index (Phi) is 5.81. The van der Waals surface area contributed by atoms with E-state index in [1.807, 2.05) is 23.1 Å². The highest BCUT2D eigenvalue weighted by atomic mass is 35.5. The minimum absolute atomic E-state index is 0.0845. The van der Waals surface area contributed by atoms with Gasteiger partial charge in [0.2, 0.25) is 5.91 Å². The predicted octanol–water partition coefficient (Wildman–Crippen LogP) is 4.42. The van der Waals surface area contributed by atoms with Gasteiger partial charge in [-0.15, -0.1) is 0 Å². The highest BCUT2D eigenvalue weighted by Gasteiger charge is 2.21. The van der Waals surface area contributed by atoms with E-state index in [4.69, 9.17) is 16.0 Å². The SMILES string of the molecule is O=C(CCc1ncc(-c2ccccc2Cl)o1)N1CCN(c2ccc(F)cc2)CC1. The van der Waals surface area contributed by atoms with Gasteiger partial charge in [-0.3, -0.25) is 4.79 Å². The number of carbonyl (C=O) groups is 1. The summed E-state index contributed by atoms with van der Waals surface area (Å²) in [5.74, 6) is 0.970. The number of hydrogen-bond donors (Lipinski definition) is 0. The first-order valence-corrected chi connectivity index (χ1v) is 9.96. The topological polar surface area (TPSA) is 49.6 Å². The van der Waals surface area contributed by atoms with Gasteiger partial charge in [-0.1, -0.05) is 23.7 Å². The molecule has 29 heavy (non-hydrogen) atoms. The molecule has 2 heterocycles. The van der Waals surface area contributed by atoms with E-state index in [1.165, 1.54) is 12.1 Å². The Hall–Kier alpha value is -2.86. The average molecular weight is 414 g/mol. The van der Waals surface area contributed by atoms with Crippen LogP contribution < -0.4 is 4.90 Å². The van der Waals surface area contributed by atoms with Crippen LogP contribution in [0.1, 0.15) is 12.3 Å².